The number of hydrogen-bond acceptors (Lipinski definition) is 3. The van der Waals surface area contributed by atoms with Gasteiger partial charge in [-0.1, -0.05) is 0 Å². The summed E-state index contributed by atoms with van der Waals surface area (Å²) in [5.41, 5.74) is 1.03. The second-order valence-electron chi connectivity index (χ2n) is 2.14. The van der Waals surface area contributed by atoms with Crippen molar-refractivity contribution < 1.29 is 0 Å². The van der Waals surface area contributed by atoms with Crippen LogP contribution in [0.2, 0.25) is 0 Å². The van der Waals surface area contributed by atoms with E-state index >= 15 is 0 Å². The fraction of sp³-hybridized carbons (Fsp3) is 0.143. The lowest BCUT2D eigenvalue weighted by molar-refractivity contribution is 0.815. The molecule has 0 bridgehead atoms. The second-order valence-corrected chi connectivity index (χ2v) is 2.14. The number of rotatable bonds is 0. The number of nitrogens with one attached hydrogen (secondary N) is 1. The van der Waals surface area contributed by atoms with Crippen LogP contribution >= 0.6 is 0 Å². The molecule has 0 aliphatic carbocycles. The summed E-state index contributed by atoms with van der Waals surface area (Å²) in [6.07, 6.45) is 9.19. The van der Waals surface area contributed by atoms with Crippen LogP contribution in [0, 0.1) is 0 Å². The summed E-state index contributed by atoms with van der Waals surface area (Å²) in [5.74, 6) is 0. The first-order valence-corrected chi connectivity index (χ1v) is 3.15. The lowest BCUT2D eigenvalue weighted by atomic mass is 10.2. The van der Waals surface area contributed by atoms with Gasteiger partial charge in [0.05, 0.1) is 5.70 Å². The van der Waals surface area contributed by atoms with E-state index in [2.05, 4.69) is 15.3 Å². The first-order chi connectivity index (χ1) is 4.97. The number of fused-ring (bicyclic) bond motifs is 1. The van der Waals surface area contributed by atoms with Crippen LogP contribution in [0.3, 0.4) is 0 Å². The van der Waals surface area contributed by atoms with Gasteiger partial charge in [-0.3, -0.25) is 0 Å². The number of nitrogens with zero attached hydrogens (tertiary/aromatic N) is 2. The number of dihydropyridines is 1. The fourth-order valence-electron chi connectivity index (χ4n) is 0.962. The molecule has 0 radical (unpaired) electrons. The van der Waals surface area contributed by atoms with Crippen molar-refractivity contribution in [2.45, 2.75) is 6.04 Å². The van der Waals surface area contributed by atoms with Crippen molar-refractivity contribution in [2.75, 3.05) is 0 Å². The van der Waals surface area contributed by atoms with Gasteiger partial charge in [-0.2, -0.15) is 0 Å². The lowest BCUT2D eigenvalue weighted by Crippen LogP contribution is -2.30. The highest BCUT2D eigenvalue weighted by Crippen LogP contribution is 2.08. The van der Waals surface area contributed by atoms with Crippen molar-refractivity contribution in [3.05, 3.63) is 24.0 Å². The van der Waals surface area contributed by atoms with E-state index in [0.29, 0.717) is 0 Å². The predicted molar refractivity (Wildman–Crippen MR) is 41.1 cm³/mol. The van der Waals surface area contributed by atoms with Crippen LogP contribution in [0.5, 0.6) is 0 Å². The zero-order chi connectivity index (χ0) is 6.81. The van der Waals surface area contributed by atoms with Gasteiger partial charge in [-0.05, 0) is 18.4 Å². The van der Waals surface area contributed by atoms with Crippen LogP contribution in [0.1, 0.15) is 0 Å². The quantitative estimate of drug-likeness (QED) is 0.512. The van der Waals surface area contributed by atoms with Gasteiger partial charge in [0.15, 0.2) is 0 Å². The van der Waals surface area contributed by atoms with E-state index in [1.54, 1.807) is 6.34 Å². The van der Waals surface area contributed by atoms with Gasteiger partial charge in [0.25, 0.3) is 0 Å². The molecule has 1 unspecified atom stereocenters. The monoisotopic (exact) mass is 133 g/mol. The third-order valence-corrected chi connectivity index (χ3v) is 1.47. The Bertz CT molecular complexity index is 248. The summed E-state index contributed by atoms with van der Waals surface area (Å²) in [7, 11) is 0. The predicted octanol–water partition coefficient (Wildman–Crippen LogP) is 0.468. The third kappa shape index (κ3) is 0.757. The van der Waals surface area contributed by atoms with Crippen LogP contribution in [-0.4, -0.2) is 18.6 Å². The molecule has 0 amide bonds. The SMILES string of the molecule is C1=CNC2C=NC=NC2=C1. The molecule has 0 aromatic carbocycles. The van der Waals surface area contributed by atoms with Crippen molar-refractivity contribution in [1.29, 1.82) is 0 Å². The Kier molecular flexibility index (Phi) is 1.13. The Morgan fingerprint density at radius 1 is 1.50 bits per heavy atom. The molecular weight excluding hydrogens is 126 g/mol. The summed E-state index contributed by atoms with van der Waals surface area (Å²) in [6, 6.07) is 0.190. The smallest absolute Gasteiger partial charge is 0.115 e. The maximum atomic E-state index is 4.08. The average Bonchev–Trinajstić information content (AvgIpc) is 2.05. The molecule has 1 atom stereocenters. The fourth-order valence-corrected chi connectivity index (χ4v) is 0.962. The molecule has 0 saturated heterocycles. The highest BCUT2D eigenvalue weighted by atomic mass is 15.0. The lowest BCUT2D eigenvalue weighted by Gasteiger charge is -2.17. The molecule has 2 aliphatic rings. The maximum Gasteiger partial charge on any atom is 0.115 e. The van der Waals surface area contributed by atoms with Crippen LogP contribution in [0.25, 0.3) is 0 Å². The summed E-state index contributed by atoms with van der Waals surface area (Å²) < 4.78 is 0. The highest BCUT2D eigenvalue weighted by Gasteiger charge is 2.12. The van der Waals surface area contributed by atoms with E-state index in [-0.39, 0.29) is 6.04 Å². The van der Waals surface area contributed by atoms with Gasteiger partial charge in [0.2, 0.25) is 0 Å². The van der Waals surface area contributed by atoms with E-state index < -0.39 is 0 Å². The summed E-state index contributed by atoms with van der Waals surface area (Å²) in [4.78, 5) is 7.98. The largest absolute Gasteiger partial charge is 0.378 e. The van der Waals surface area contributed by atoms with Gasteiger partial charge in [-0.25, -0.2) is 9.98 Å². The molecule has 3 heteroatoms. The van der Waals surface area contributed by atoms with Crippen molar-refractivity contribution >= 4 is 12.6 Å². The molecule has 0 spiro atoms. The van der Waals surface area contributed by atoms with Crippen molar-refractivity contribution in [2.24, 2.45) is 9.98 Å². The molecule has 3 nitrogen and oxygen atoms in total. The Balaban J connectivity index is 2.34. The van der Waals surface area contributed by atoms with E-state index in [1.165, 1.54) is 0 Å². The molecular formula is C7H7N3. The normalized spacial score (nSPS) is 27.2. The molecule has 0 aromatic heterocycles. The minimum absolute atomic E-state index is 0.190. The van der Waals surface area contributed by atoms with E-state index in [1.807, 2.05) is 24.6 Å². The number of hydrogen-bond donors (Lipinski definition) is 1. The standard InChI is InChI=1S/C7H7N3/c1-2-6-7(9-3-1)4-8-5-10-6/h1-5,7,9H. The minimum Gasteiger partial charge on any atom is -0.378 e. The summed E-state index contributed by atoms with van der Waals surface area (Å²) in [5, 5.41) is 3.11. The first-order valence-electron chi connectivity index (χ1n) is 3.15. The number of aliphatic imine (C=N–C) groups is 2. The van der Waals surface area contributed by atoms with E-state index in [9.17, 15) is 0 Å². The Morgan fingerprint density at radius 3 is 3.40 bits per heavy atom. The molecule has 0 saturated carbocycles. The third-order valence-electron chi connectivity index (χ3n) is 1.47. The van der Waals surface area contributed by atoms with Crippen molar-refractivity contribution in [3.63, 3.8) is 0 Å². The topological polar surface area (TPSA) is 36.8 Å². The zero-order valence-corrected chi connectivity index (χ0v) is 5.36. The molecule has 2 heterocycles. The van der Waals surface area contributed by atoms with E-state index in [0.717, 1.165) is 5.70 Å². The average molecular weight is 133 g/mol. The Labute approximate surface area is 58.9 Å². The highest BCUT2D eigenvalue weighted by molar-refractivity contribution is 5.82. The van der Waals surface area contributed by atoms with E-state index in [4.69, 9.17) is 0 Å². The molecule has 2 rings (SSSR count). The maximum absolute atomic E-state index is 4.08. The van der Waals surface area contributed by atoms with Gasteiger partial charge in [0, 0.05) is 6.21 Å². The van der Waals surface area contributed by atoms with Crippen LogP contribution in [0.4, 0.5) is 0 Å². The van der Waals surface area contributed by atoms with Gasteiger partial charge >= 0.3 is 0 Å². The first kappa shape index (κ1) is 5.41. The molecule has 2 aliphatic heterocycles. The van der Waals surface area contributed by atoms with Crippen LogP contribution in [-0.2, 0) is 0 Å². The summed E-state index contributed by atoms with van der Waals surface area (Å²) >= 11 is 0. The van der Waals surface area contributed by atoms with Crippen LogP contribution < -0.4 is 5.32 Å². The van der Waals surface area contributed by atoms with Crippen LogP contribution in [0.15, 0.2) is 34.0 Å². The van der Waals surface area contributed by atoms with Crippen molar-refractivity contribution in [1.82, 2.24) is 5.32 Å². The Hall–Kier alpha value is -1.38. The molecule has 0 aromatic rings. The summed E-state index contributed by atoms with van der Waals surface area (Å²) in [6.45, 7) is 0. The minimum atomic E-state index is 0.190. The molecule has 0 fully saturated rings. The molecule has 50 valence electrons. The molecule has 1 N–H and O–H groups in total. The van der Waals surface area contributed by atoms with Crippen molar-refractivity contribution in [3.8, 4) is 0 Å². The van der Waals surface area contributed by atoms with Gasteiger partial charge in [0.1, 0.15) is 12.4 Å². The Morgan fingerprint density at radius 2 is 2.50 bits per heavy atom. The second kappa shape index (κ2) is 2.10. The number of allylic oxidation sites excluding steroid dienone is 2. The van der Waals surface area contributed by atoms with Gasteiger partial charge < -0.3 is 5.32 Å². The zero-order valence-electron chi connectivity index (χ0n) is 5.36. The van der Waals surface area contributed by atoms with Gasteiger partial charge in [-0.15, -0.1) is 0 Å². The molecule has 10 heavy (non-hydrogen) atoms.